The third kappa shape index (κ3) is 2.68. The van der Waals surface area contributed by atoms with Crippen LogP contribution in [-0.2, 0) is 19.0 Å². The number of benzene rings is 1. The standard InChI is InChI=1S/C18H20F3N3/c19-18(20,21)17-15-5-1-2-6-16(15)24(22-17)14-9-7-13(8-10-14)23-11-3-4-12-23/h7-10H,1-6,11-12H2. The summed E-state index contributed by atoms with van der Waals surface area (Å²) in [5.41, 5.74) is 2.25. The Bertz CT molecular complexity index is 725. The van der Waals surface area contributed by atoms with Crippen LogP contribution in [0.4, 0.5) is 18.9 Å². The van der Waals surface area contributed by atoms with Crippen molar-refractivity contribution in [3.8, 4) is 5.69 Å². The molecule has 1 aromatic carbocycles. The van der Waals surface area contributed by atoms with Crippen LogP contribution in [0.15, 0.2) is 24.3 Å². The van der Waals surface area contributed by atoms with Crippen LogP contribution in [0.3, 0.4) is 0 Å². The molecular weight excluding hydrogens is 315 g/mol. The van der Waals surface area contributed by atoms with Crippen molar-refractivity contribution in [3.05, 3.63) is 41.2 Å². The summed E-state index contributed by atoms with van der Waals surface area (Å²) in [7, 11) is 0. The van der Waals surface area contributed by atoms with Gasteiger partial charge in [0.1, 0.15) is 0 Å². The highest BCUT2D eigenvalue weighted by molar-refractivity contribution is 5.52. The maximum absolute atomic E-state index is 13.3. The first-order valence-electron chi connectivity index (χ1n) is 8.57. The summed E-state index contributed by atoms with van der Waals surface area (Å²) in [6.45, 7) is 2.10. The molecule has 6 heteroatoms. The number of rotatable bonds is 2. The minimum absolute atomic E-state index is 0.386. The molecule has 1 saturated heterocycles. The van der Waals surface area contributed by atoms with E-state index >= 15 is 0 Å². The molecule has 0 N–H and O–H groups in total. The van der Waals surface area contributed by atoms with Gasteiger partial charge in [-0.05, 0) is 62.8 Å². The summed E-state index contributed by atoms with van der Waals surface area (Å²) in [5, 5.41) is 3.94. The van der Waals surface area contributed by atoms with E-state index in [1.165, 1.54) is 17.5 Å². The molecule has 1 fully saturated rings. The van der Waals surface area contributed by atoms with Gasteiger partial charge in [0.15, 0.2) is 5.69 Å². The number of fused-ring (bicyclic) bond motifs is 1. The normalized spacial score (nSPS) is 18.0. The predicted octanol–water partition coefficient (Wildman–Crippen LogP) is 4.37. The quantitative estimate of drug-likeness (QED) is 0.812. The van der Waals surface area contributed by atoms with Gasteiger partial charge in [0.05, 0.1) is 5.69 Å². The fraction of sp³-hybridized carbons (Fsp3) is 0.500. The average Bonchev–Trinajstić information content (AvgIpc) is 3.22. The molecule has 0 radical (unpaired) electrons. The monoisotopic (exact) mass is 335 g/mol. The molecule has 3 nitrogen and oxygen atoms in total. The molecule has 128 valence electrons. The van der Waals surface area contributed by atoms with Crippen molar-refractivity contribution >= 4 is 5.69 Å². The van der Waals surface area contributed by atoms with E-state index in [1.54, 1.807) is 0 Å². The number of alkyl halides is 3. The van der Waals surface area contributed by atoms with Gasteiger partial charge in [-0.25, -0.2) is 4.68 Å². The van der Waals surface area contributed by atoms with E-state index in [0.717, 1.165) is 37.3 Å². The van der Waals surface area contributed by atoms with Crippen molar-refractivity contribution < 1.29 is 13.2 Å². The van der Waals surface area contributed by atoms with Crippen LogP contribution in [0.25, 0.3) is 5.69 Å². The van der Waals surface area contributed by atoms with Crippen LogP contribution >= 0.6 is 0 Å². The highest BCUT2D eigenvalue weighted by atomic mass is 19.4. The number of halogens is 3. The molecule has 2 aromatic rings. The molecule has 1 aromatic heterocycles. The second-order valence-electron chi connectivity index (χ2n) is 6.60. The van der Waals surface area contributed by atoms with Gasteiger partial charge in [-0.3, -0.25) is 0 Å². The molecule has 0 spiro atoms. The Hall–Kier alpha value is -1.98. The van der Waals surface area contributed by atoms with Crippen LogP contribution in [-0.4, -0.2) is 22.9 Å². The number of nitrogens with zero attached hydrogens (tertiary/aromatic N) is 3. The minimum atomic E-state index is -4.39. The molecule has 1 aliphatic carbocycles. The summed E-state index contributed by atoms with van der Waals surface area (Å²) in [5.74, 6) is 0. The zero-order valence-electron chi connectivity index (χ0n) is 13.4. The van der Waals surface area contributed by atoms with Crippen molar-refractivity contribution in [1.82, 2.24) is 9.78 Å². The third-order valence-corrected chi connectivity index (χ3v) is 5.01. The van der Waals surface area contributed by atoms with Crippen molar-refractivity contribution in [2.45, 2.75) is 44.7 Å². The lowest BCUT2D eigenvalue weighted by atomic mass is 9.95. The SMILES string of the molecule is FC(F)(F)c1nn(-c2ccc(N3CCCC3)cc2)c2c1CCCC2. The molecule has 0 saturated carbocycles. The number of hydrogen-bond acceptors (Lipinski definition) is 2. The molecule has 0 unspecified atom stereocenters. The largest absolute Gasteiger partial charge is 0.435 e. The van der Waals surface area contributed by atoms with Crippen LogP contribution in [0.1, 0.15) is 42.6 Å². The highest BCUT2D eigenvalue weighted by Crippen LogP contribution is 2.37. The maximum atomic E-state index is 13.3. The molecule has 0 atom stereocenters. The van der Waals surface area contributed by atoms with Gasteiger partial charge in [0, 0.05) is 30.0 Å². The molecule has 0 bridgehead atoms. The van der Waals surface area contributed by atoms with Crippen LogP contribution in [0.5, 0.6) is 0 Å². The van der Waals surface area contributed by atoms with Gasteiger partial charge in [-0.15, -0.1) is 0 Å². The van der Waals surface area contributed by atoms with E-state index in [0.29, 0.717) is 24.1 Å². The van der Waals surface area contributed by atoms with Gasteiger partial charge >= 0.3 is 6.18 Å². The zero-order valence-corrected chi connectivity index (χ0v) is 13.4. The smallest absolute Gasteiger partial charge is 0.372 e. The van der Waals surface area contributed by atoms with Crippen LogP contribution < -0.4 is 4.90 Å². The van der Waals surface area contributed by atoms with E-state index in [9.17, 15) is 13.2 Å². The Kier molecular flexibility index (Phi) is 3.77. The molecular formula is C18H20F3N3. The van der Waals surface area contributed by atoms with Crippen LogP contribution in [0.2, 0.25) is 0 Å². The lowest BCUT2D eigenvalue weighted by Gasteiger charge is -2.18. The summed E-state index contributed by atoms with van der Waals surface area (Å²) in [6.07, 6.45) is 0.856. The Morgan fingerprint density at radius 3 is 2.12 bits per heavy atom. The minimum Gasteiger partial charge on any atom is -0.372 e. The lowest BCUT2D eigenvalue weighted by molar-refractivity contribution is -0.142. The Balaban J connectivity index is 1.72. The average molecular weight is 335 g/mol. The van der Waals surface area contributed by atoms with Crippen molar-refractivity contribution in [1.29, 1.82) is 0 Å². The van der Waals surface area contributed by atoms with Gasteiger partial charge in [0.25, 0.3) is 0 Å². The molecule has 1 aliphatic heterocycles. The highest BCUT2D eigenvalue weighted by Gasteiger charge is 2.39. The predicted molar refractivity (Wildman–Crippen MR) is 86.7 cm³/mol. The van der Waals surface area contributed by atoms with E-state index in [4.69, 9.17) is 0 Å². The first-order valence-corrected chi connectivity index (χ1v) is 8.57. The second kappa shape index (κ2) is 5.83. The van der Waals surface area contributed by atoms with E-state index in [1.807, 2.05) is 24.3 Å². The van der Waals surface area contributed by atoms with Crippen LogP contribution in [0, 0.1) is 0 Å². The van der Waals surface area contributed by atoms with Gasteiger partial charge < -0.3 is 4.90 Å². The lowest BCUT2D eigenvalue weighted by Crippen LogP contribution is -2.17. The first kappa shape index (κ1) is 15.5. The Labute approximate surface area is 139 Å². The maximum Gasteiger partial charge on any atom is 0.435 e. The van der Waals surface area contributed by atoms with E-state index < -0.39 is 11.9 Å². The number of hydrogen-bond donors (Lipinski definition) is 0. The zero-order chi connectivity index (χ0) is 16.7. The summed E-state index contributed by atoms with van der Waals surface area (Å²) in [4.78, 5) is 2.31. The van der Waals surface area contributed by atoms with Crippen molar-refractivity contribution in [2.24, 2.45) is 0 Å². The second-order valence-corrected chi connectivity index (χ2v) is 6.60. The fourth-order valence-electron chi connectivity index (χ4n) is 3.82. The van der Waals surface area contributed by atoms with Gasteiger partial charge in [-0.1, -0.05) is 0 Å². The molecule has 4 rings (SSSR count). The number of aromatic nitrogens is 2. The fourth-order valence-corrected chi connectivity index (χ4v) is 3.82. The Morgan fingerprint density at radius 2 is 1.46 bits per heavy atom. The summed E-state index contributed by atoms with van der Waals surface area (Å²) >= 11 is 0. The Morgan fingerprint density at radius 1 is 0.833 bits per heavy atom. The van der Waals surface area contributed by atoms with Gasteiger partial charge in [0.2, 0.25) is 0 Å². The molecule has 0 amide bonds. The first-order chi connectivity index (χ1) is 11.5. The molecule has 2 heterocycles. The topological polar surface area (TPSA) is 21.1 Å². The molecule has 2 aliphatic rings. The van der Waals surface area contributed by atoms with Crippen molar-refractivity contribution in [3.63, 3.8) is 0 Å². The van der Waals surface area contributed by atoms with Crippen molar-refractivity contribution in [2.75, 3.05) is 18.0 Å². The number of anilines is 1. The van der Waals surface area contributed by atoms with E-state index in [2.05, 4.69) is 10.00 Å². The van der Waals surface area contributed by atoms with Gasteiger partial charge in [-0.2, -0.15) is 18.3 Å². The summed E-state index contributed by atoms with van der Waals surface area (Å²) in [6, 6.07) is 7.75. The molecule has 24 heavy (non-hydrogen) atoms. The third-order valence-electron chi connectivity index (χ3n) is 5.01. The summed E-state index contributed by atoms with van der Waals surface area (Å²) < 4.78 is 41.4. The van der Waals surface area contributed by atoms with E-state index in [-0.39, 0.29) is 0 Å².